The number of hydrogen-bond acceptors (Lipinski definition) is 2. The van der Waals surface area contributed by atoms with Gasteiger partial charge in [-0.15, -0.1) is 0 Å². The summed E-state index contributed by atoms with van der Waals surface area (Å²) in [4.78, 5) is 0. The lowest BCUT2D eigenvalue weighted by Crippen LogP contribution is -2.04. The van der Waals surface area contributed by atoms with Crippen molar-refractivity contribution in [1.82, 2.24) is 0 Å². The van der Waals surface area contributed by atoms with Crippen molar-refractivity contribution in [2.45, 2.75) is 26.0 Å². The fraction of sp³-hybridized carbons (Fsp3) is 0.294. The van der Waals surface area contributed by atoms with Gasteiger partial charge >= 0.3 is 0 Å². The first-order chi connectivity index (χ1) is 9.40. The Bertz CT molecular complexity index is 482. The van der Waals surface area contributed by atoms with Gasteiger partial charge in [-0.3, -0.25) is 0 Å². The van der Waals surface area contributed by atoms with Gasteiger partial charge in [0.05, 0.1) is 6.61 Å². The van der Waals surface area contributed by atoms with Crippen molar-refractivity contribution in [3.8, 4) is 0 Å². The molecule has 0 saturated carbocycles. The maximum atomic E-state index is 5.73. The van der Waals surface area contributed by atoms with Gasteiger partial charge in [-0.1, -0.05) is 54.6 Å². The van der Waals surface area contributed by atoms with Crippen LogP contribution in [0.4, 0.5) is 0 Å². The van der Waals surface area contributed by atoms with E-state index in [0.717, 1.165) is 19.4 Å². The zero-order valence-corrected chi connectivity index (χ0v) is 11.2. The second kappa shape index (κ2) is 7.72. The van der Waals surface area contributed by atoms with Crippen LogP contribution < -0.4 is 5.73 Å². The third kappa shape index (κ3) is 4.51. The molecule has 2 N–H and O–H groups in total. The molecule has 100 valence electrons. The van der Waals surface area contributed by atoms with Crippen LogP contribution in [0.2, 0.25) is 0 Å². The number of benzene rings is 2. The van der Waals surface area contributed by atoms with E-state index in [1.807, 2.05) is 18.2 Å². The van der Waals surface area contributed by atoms with Crippen LogP contribution >= 0.6 is 0 Å². The number of ether oxygens (including phenoxy) is 1. The highest BCUT2D eigenvalue weighted by Crippen LogP contribution is 2.10. The third-order valence-corrected chi connectivity index (χ3v) is 3.19. The molecule has 0 unspecified atom stereocenters. The minimum Gasteiger partial charge on any atom is -0.377 e. The number of hydrogen-bond donors (Lipinski definition) is 1. The van der Waals surface area contributed by atoms with Gasteiger partial charge in [0, 0.05) is 13.2 Å². The Hall–Kier alpha value is -1.64. The lowest BCUT2D eigenvalue weighted by molar-refractivity contribution is 0.118. The molecular weight excluding hydrogens is 234 g/mol. The second-order valence-corrected chi connectivity index (χ2v) is 4.61. The Morgan fingerprint density at radius 2 is 1.53 bits per heavy atom. The number of rotatable bonds is 7. The van der Waals surface area contributed by atoms with Gasteiger partial charge in [0.1, 0.15) is 0 Å². The van der Waals surface area contributed by atoms with Crippen molar-refractivity contribution in [3.63, 3.8) is 0 Å². The minimum absolute atomic E-state index is 0.573. The SMILES string of the molecule is NCc1ccccc1COCCCc1ccccc1. The van der Waals surface area contributed by atoms with E-state index < -0.39 is 0 Å². The first-order valence-corrected chi connectivity index (χ1v) is 6.78. The molecule has 0 aliphatic rings. The monoisotopic (exact) mass is 255 g/mol. The van der Waals surface area contributed by atoms with Crippen LogP contribution in [0, 0.1) is 0 Å². The quantitative estimate of drug-likeness (QED) is 0.770. The van der Waals surface area contributed by atoms with Crippen molar-refractivity contribution < 1.29 is 4.74 Å². The molecule has 0 spiro atoms. The molecule has 2 rings (SSSR count). The predicted molar refractivity (Wildman–Crippen MR) is 78.8 cm³/mol. The van der Waals surface area contributed by atoms with Crippen molar-refractivity contribution >= 4 is 0 Å². The maximum absolute atomic E-state index is 5.73. The van der Waals surface area contributed by atoms with Gasteiger partial charge in [-0.05, 0) is 29.5 Å². The van der Waals surface area contributed by atoms with Crippen LogP contribution in [0.25, 0.3) is 0 Å². The molecule has 2 nitrogen and oxygen atoms in total. The van der Waals surface area contributed by atoms with E-state index >= 15 is 0 Å². The van der Waals surface area contributed by atoms with E-state index in [1.165, 1.54) is 16.7 Å². The predicted octanol–water partition coefficient (Wildman–Crippen LogP) is 3.29. The van der Waals surface area contributed by atoms with E-state index in [0.29, 0.717) is 13.2 Å². The van der Waals surface area contributed by atoms with E-state index in [2.05, 4.69) is 36.4 Å². The van der Waals surface area contributed by atoms with Crippen LogP contribution in [0.3, 0.4) is 0 Å². The lowest BCUT2D eigenvalue weighted by atomic mass is 10.1. The summed E-state index contributed by atoms with van der Waals surface area (Å²) in [7, 11) is 0. The van der Waals surface area contributed by atoms with Crippen molar-refractivity contribution in [3.05, 3.63) is 71.3 Å². The number of nitrogens with two attached hydrogens (primary N) is 1. The van der Waals surface area contributed by atoms with Crippen LogP contribution in [0.15, 0.2) is 54.6 Å². The molecule has 0 atom stereocenters. The maximum Gasteiger partial charge on any atom is 0.0720 e. The molecule has 19 heavy (non-hydrogen) atoms. The fourth-order valence-corrected chi connectivity index (χ4v) is 2.10. The Morgan fingerprint density at radius 1 is 0.842 bits per heavy atom. The Balaban J connectivity index is 1.69. The molecule has 0 saturated heterocycles. The summed E-state index contributed by atoms with van der Waals surface area (Å²) >= 11 is 0. The average molecular weight is 255 g/mol. The summed E-state index contributed by atoms with van der Waals surface area (Å²) in [5.41, 5.74) is 9.44. The summed E-state index contributed by atoms with van der Waals surface area (Å²) in [5, 5.41) is 0. The van der Waals surface area contributed by atoms with Crippen LogP contribution in [-0.4, -0.2) is 6.61 Å². The summed E-state index contributed by atoms with van der Waals surface area (Å²) in [5.74, 6) is 0. The standard InChI is InChI=1S/C17H21NO/c18-13-16-10-4-5-11-17(16)14-19-12-6-9-15-7-2-1-3-8-15/h1-5,7-8,10-11H,6,9,12-14,18H2. The van der Waals surface area contributed by atoms with Crippen LogP contribution in [-0.2, 0) is 24.3 Å². The van der Waals surface area contributed by atoms with Gasteiger partial charge in [-0.2, -0.15) is 0 Å². The first-order valence-electron chi connectivity index (χ1n) is 6.78. The van der Waals surface area contributed by atoms with Gasteiger partial charge in [0.2, 0.25) is 0 Å². The highest BCUT2D eigenvalue weighted by atomic mass is 16.5. The summed E-state index contributed by atoms with van der Waals surface area (Å²) in [6.07, 6.45) is 2.12. The van der Waals surface area contributed by atoms with E-state index in [4.69, 9.17) is 10.5 Å². The van der Waals surface area contributed by atoms with Gasteiger partial charge in [0.25, 0.3) is 0 Å². The van der Waals surface area contributed by atoms with Crippen molar-refractivity contribution in [2.24, 2.45) is 5.73 Å². The molecular formula is C17H21NO. The molecule has 0 aromatic heterocycles. The summed E-state index contributed by atoms with van der Waals surface area (Å²) < 4.78 is 5.73. The highest BCUT2D eigenvalue weighted by Gasteiger charge is 1.99. The molecule has 0 bridgehead atoms. The van der Waals surface area contributed by atoms with Crippen LogP contribution in [0.1, 0.15) is 23.1 Å². The molecule has 0 aliphatic heterocycles. The molecule has 0 amide bonds. The van der Waals surface area contributed by atoms with E-state index in [1.54, 1.807) is 0 Å². The Kier molecular flexibility index (Phi) is 5.60. The third-order valence-electron chi connectivity index (χ3n) is 3.19. The van der Waals surface area contributed by atoms with Gasteiger partial charge in [0.15, 0.2) is 0 Å². The molecule has 2 heteroatoms. The van der Waals surface area contributed by atoms with Crippen molar-refractivity contribution in [2.75, 3.05) is 6.61 Å². The molecule has 0 fully saturated rings. The zero-order valence-electron chi connectivity index (χ0n) is 11.2. The van der Waals surface area contributed by atoms with Gasteiger partial charge < -0.3 is 10.5 Å². The molecule has 2 aromatic rings. The Labute approximate surface area is 115 Å². The number of aryl methyl sites for hydroxylation is 1. The molecule has 0 radical (unpaired) electrons. The fourth-order valence-electron chi connectivity index (χ4n) is 2.10. The smallest absolute Gasteiger partial charge is 0.0720 e. The second-order valence-electron chi connectivity index (χ2n) is 4.61. The summed E-state index contributed by atoms with van der Waals surface area (Å²) in [6, 6.07) is 18.7. The highest BCUT2D eigenvalue weighted by molar-refractivity contribution is 5.26. The molecule has 2 aromatic carbocycles. The lowest BCUT2D eigenvalue weighted by Gasteiger charge is -2.08. The topological polar surface area (TPSA) is 35.2 Å². The largest absolute Gasteiger partial charge is 0.377 e. The Morgan fingerprint density at radius 3 is 2.26 bits per heavy atom. The minimum atomic E-state index is 0.573. The molecule has 0 heterocycles. The van der Waals surface area contributed by atoms with E-state index in [-0.39, 0.29) is 0 Å². The normalized spacial score (nSPS) is 10.6. The average Bonchev–Trinajstić information content (AvgIpc) is 2.48. The van der Waals surface area contributed by atoms with Gasteiger partial charge in [-0.25, -0.2) is 0 Å². The summed E-state index contributed by atoms with van der Waals surface area (Å²) in [6.45, 7) is 2.01. The first kappa shape index (κ1) is 13.8. The van der Waals surface area contributed by atoms with Crippen molar-refractivity contribution in [1.29, 1.82) is 0 Å². The zero-order chi connectivity index (χ0) is 13.3. The van der Waals surface area contributed by atoms with E-state index in [9.17, 15) is 0 Å². The molecule has 0 aliphatic carbocycles. The van der Waals surface area contributed by atoms with Crippen LogP contribution in [0.5, 0.6) is 0 Å².